The second kappa shape index (κ2) is 12.4. The summed E-state index contributed by atoms with van der Waals surface area (Å²) in [7, 11) is 0. The third-order valence-electron chi connectivity index (χ3n) is 4.98. The van der Waals surface area contributed by atoms with Gasteiger partial charge in [0.25, 0.3) is 5.91 Å². The summed E-state index contributed by atoms with van der Waals surface area (Å²) in [4.78, 5) is 17.2. The van der Waals surface area contributed by atoms with Crippen molar-refractivity contribution in [1.82, 2.24) is 14.6 Å². The van der Waals surface area contributed by atoms with Crippen LogP contribution in [0.25, 0.3) is 0 Å². The van der Waals surface area contributed by atoms with Crippen LogP contribution in [-0.2, 0) is 11.2 Å². The number of aliphatic hydroxyl groups is 1. The molecule has 0 spiro atoms. The number of amides is 1. The Hall–Kier alpha value is -2.61. The van der Waals surface area contributed by atoms with E-state index < -0.39 is 12.1 Å². The van der Waals surface area contributed by atoms with E-state index in [4.69, 9.17) is 4.74 Å². The molecule has 32 heavy (non-hydrogen) atoms. The maximum atomic E-state index is 12.9. The van der Waals surface area contributed by atoms with Crippen molar-refractivity contribution in [2.75, 3.05) is 13.1 Å². The van der Waals surface area contributed by atoms with Gasteiger partial charge in [-0.2, -0.15) is 0 Å². The molecule has 7 heteroatoms. The van der Waals surface area contributed by atoms with Gasteiger partial charge < -0.3 is 15.2 Å². The van der Waals surface area contributed by atoms with Crippen molar-refractivity contribution in [1.29, 1.82) is 0 Å². The molecule has 6 nitrogen and oxygen atoms in total. The Kier molecular flexibility index (Phi) is 9.34. The Morgan fingerprint density at radius 3 is 2.75 bits per heavy atom. The van der Waals surface area contributed by atoms with Crippen molar-refractivity contribution >= 4 is 17.9 Å². The van der Waals surface area contributed by atoms with Crippen molar-refractivity contribution in [2.24, 2.45) is 0 Å². The summed E-state index contributed by atoms with van der Waals surface area (Å²) >= 11 is 1.50. The third-order valence-corrected chi connectivity index (χ3v) is 6.02. The number of rotatable bonds is 11. The van der Waals surface area contributed by atoms with E-state index >= 15 is 0 Å². The summed E-state index contributed by atoms with van der Waals surface area (Å²) in [5.74, 6) is -0.285. The van der Waals surface area contributed by atoms with Gasteiger partial charge in [0.2, 0.25) is 0 Å². The van der Waals surface area contributed by atoms with Crippen LogP contribution < -0.4 is 5.32 Å². The molecular formula is C25H31N3O3S. The zero-order valence-electron chi connectivity index (χ0n) is 18.6. The largest absolute Gasteiger partial charge is 0.457 e. The number of carbonyl (C=O) groups excluding carboxylic acids is 1. The highest BCUT2D eigenvalue weighted by atomic mass is 32.2. The maximum absolute atomic E-state index is 12.9. The average molecular weight is 454 g/mol. The molecule has 1 aliphatic rings. The molecule has 0 fully saturated rings. The van der Waals surface area contributed by atoms with Crippen LogP contribution in [0, 0.1) is 6.92 Å². The van der Waals surface area contributed by atoms with Crippen molar-refractivity contribution in [3.63, 3.8) is 0 Å². The van der Waals surface area contributed by atoms with E-state index in [0.717, 1.165) is 35.7 Å². The lowest BCUT2D eigenvalue weighted by molar-refractivity contribution is 0.0786. The normalized spacial score (nSPS) is 15.1. The smallest absolute Gasteiger partial charge is 0.270 e. The Labute approximate surface area is 194 Å². The van der Waals surface area contributed by atoms with Gasteiger partial charge in [-0.3, -0.25) is 4.79 Å². The monoisotopic (exact) mass is 453 g/mol. The number of hydrogen-bond donors (Lipinski definition) is 2. The van der Waals surface area contributed by atoms with Gasteiger partial charge in [-0.05, 0) is 68.0 Å². The van der Waals surface area contributed by atoms with Gasteiger partial charge in [-0.25, -0.2) is 9.29 Å². The van der Waals surface area contributed by atoms with Crippen molar-refractivity contribution in [3.05, 3.63) is 89.0 Å². The third kappa shape index (κ3) is 7.51. The van der Waals surface area contributed by atoms with E-state index in [1.807, 2.05) is 61.5 Å². The molecule has 1 aromatic carbocycles. The number of ether oxygens (including phenoxy) is 1. The highest BCUT2D eigenvalue weighted by Crippen LogP contribution is 2.26. The van der Waals surface area contributed by atoms with Crippen LogP contribution in [0.3, 0.4) is 0 Å². The quantitative estimate of drug-likeness (QED) is 0.496. The van der Waals surface area contributed by atoms with Crippen LogP contribution in [0.2, 0.25) is 0 Å². The fraction of sp³-hybridized carbons (Fsp3) is 0.360. The molecule has 2 aromatic rings. The average Bonchev–Trinajstić information content (AvgIpc) is 2.80. The molecule has 0 saturated heterocycles. The number of carbonyl (C=O) groups is 1. The van der Waals surface area contributed by atoms with E-state index in [2.05, 4.69) is 21.5 Å². The summed E-state index contributed by atoms with van der Waals surface area (Å²) in [6.45, 7) is 5.13. The molecule has 170 valence electrons. The number of aromatic nitrogens is 1. The number of aryl methyl sites for hydroxylation is 1. The lowest BCUT2D eigenvalue weighted by Crippen LogP contribution is -2.49. The van der Waals surface area contributed by atoms with Gasteiger partial charge in [-0.1, -0.05) is 43.3 Å². The van der Waals surface area contributed by atoms with Crippen LogP contribution in [-0.4, -0.2) is 45.5 Å². The second-order valence-electron chi connectivity index (χ2n) is 7.73. The van der Waals surface area contributed by atoms with Gasteiger partial charge in [-0.15, -0.1) is 0 Å². The van der Waals surface area contributed by atoms with Gasteiger partial charge in [0.1, 0.15) is 5.69 Å². The Balaban J connectivity index is 1.72. The number of nitrogens with zero attached hydrogens (tertiary/aromatic N) is 2. The molecule has 0 bridgehead atoms. The molecule has 0 aliphatic carbocycles. The van der Waals surface area contributed by atoms with Crippen LogP contribution in [0.4, 0.5) is 0 Å². The summed E-state index contributed by atoms with van der Waals surface area (Å²) in [5.41, 5.74) is 2.17. The zero-order chi connectivity index (χ0) is 22.8. The first-order valence-corrected chi connectivity index (χ1v) is 11.7. The summed E-state index contributed by atoms with van der Waals surface area (Å²) < 4.78 is 7.66. The van der Waals surface area contributed by atoms with Gasteiger partial charge >= 0.3 is 0 Å². The molecule has 1 amide bonds. The van der Waals surface area contributed by atoms with Crippen LogP contribution >= 0.6 is 11.9 Å². The van der Waals surface area contributed by atoms with E-state index in [-0.39, 0.29) is 5.91 Å². The van der Waals surface area contributed by atoms with E-state index in [0.29, 0.717) is 18.7 Å². The molecule has 2 unspecified atom stereocenters. The SMILES string of the molecule is CCCN(CC(O)C(Cc1ccccc1)NC(=O)c1cccc(C)n1)SC1=CCC=CO1. The van der Waals surface area contributed by atoms with Gasteiger partial charge in [0.15, 0.2) is 5.09 Å². The minimum atomic E-state index is -0.775. The second-order valence-corrected chi connectivity index (χ2v) is 8.83. The highest BCUT2D eigenvalue weighted by molar-refractivity contribution is 8.00. The Morgan fingerprint density at radius 2 is 2.06 bits per heavy atom. The van der Waals surface area contributed by atoms with Crippen molar-refractivity contribution < 1.29 is 14.6 Å². The minimum Gasteiger partial charge on any atom is -0.457 e. The molecule has 0 saturated carbocycles. The fourth-order valence-corrected chi connectivity index (χ4v) is 4.42. The fourth-order valence-electron chi connectivity index (χ4n) is 3.39. The summed E-state index contributed by atoms with van der Waals surface area (Å²) in [6, 6.07) is 14.8. The number of nitrogens with one attached hydrogen (secondary N) is 1. The molecule has 3 rings (SSSR count). The van der Waals surface area contributed by atoms with Gasteiger partial charge in [0.05, 0.1) is 18.4 Å². The molecule has 2 atom stereocenters. The summed E-state index contributed by atoms with van der Waals surface area (Å²) in [6.07, 6.45) is 7.18. The predicted molar refractivity (Wildman–Crippen MR) is 129 cm³/mol. The lowest BCUT2D eigenvalue weighted by Gasteiger charge is -2.29. The van der Waals surface area contributed by atoms with Crippen LogP contribution in [0.5, 0.6) is 0 Å². The molecule has 2 heterocycles. The Morgan fingerprint density at radius 1 is 1.25 bits per heavy atom. The highest BCUT2D eigenvalue weighted by Gasteiger charge is 2.26. The van der Waals surface area contributed by atoms with E-state index in [1.165, 1.54) is 11.9 Å². The number of allylic oxidation sites excluding steroid dienone is 2. The molecular weight excluding hydrogens is 422 g/mol. The number of aliphatic hydroxyl groups excluding tert-OH is 1. The standard InChI is InChI=1S/C25H31N3O3S/c1-3-15-28(32-24-14-7-8-16-31-24)18-23(29)22(17-20-11-5-4-6-12-20)27-25(30)21-13-9-10-19(2)26-21/h4-6,8-14,16,22-23,29H,3,7,15,17-18H2,1-2H3,(H,27,30). The number of hydrogen-bond acceptors (Lipinski definition) is 6. The summed E-state index contributed by atoms with van der Waals surface area (Å²) in [5, 5.41) is 15.0. The molecule has 1 aliphatic heterocycles. The number of pyridine rings is 1. The van der Waals surface area contributed by atoms with E-state index in [9.17, 15) is 9.90 Å². The minimum absolute atomic E-state index is 0.285. The van der Waals surface area contributed by atoms with Crippen LogP contribution in [0.15, 0.2) is 72.0 Å². The van der Waals surface area contributed by atoms with Gasteiger partial charge in [0, 0.05) is 18.8 Å². The lowest BCUT2D eigenvalue weighted by atomic mass is 10.0. The molecule has 1 aromatic heterocycles. The predicted octanol–water partition coefficient (Wildman–Crippen LogP) is 4.23. The topological polar surface area (TPSA) is 74.7 Å². The van der Waals surface area contributed by atoms with Crippen LogP contribution in [0.1, 0.15) is 41.5 Å². The first-order valence-electron chi connectivity index (χ1n) is 11.0. The van der Waals surface area contributed by atoms with Crippen molar-refractivity contribution in [3.8, 4) is 0 Å². The molecule has 2 N–H and O–H groups in total. The van der Waals surface area contributed by atoms with Crippen molar-refractivity contribution in [2.45, 2.75) is 45.3 Å². The maximum Gasteiger partial charge on any atom is 0.270 e. The first kappa shape index (κ1) is 24.0. The molecule has 0 radical (unpaired) electrons. The Bertz CT molecular complexity index is 933. The van der Waals surface area contributed by atoms with E-state index in [1.54, 1.807) is 12.3 Å². The zero-order valence-corrected chi connectivity index (χ0v) is 19.4. The number of benzene rings is 1. The first-order chi connectivity index (χ1) is 15.5.